The van der Waals surface area contributed by atoms with Gasteiger partial charge in [-0.2, -0.15) is 5.10 Å². The topological polar surface area (TPSA) is 30.7 Å². The van der Waals surface area contributed by atoms with Crippen LogP contribution in [-0.2, 0) is 13.2 Å². The number of aryl methyl sites for hydroxylation is 1. The average molecular weight is 323 g/mol. The molecule has 0 bridgehead atoms. The van der Waals surface area contributed by atoms with E-state index in [0.29, 0.717) is 24.4 Å². The van der Waals surface area contributed by atoms with E-state index in [1.165, 1.54) is 12.1 Å². The fraction of sp³-hybridized carbons (Fsp3) is 0.158. The van der Waals surface area contributed by atoms with Crippen LogP contribution in [-0.4, -0.2) is 14.8 Å². The lowest BCUT2D eigenvalue weighted by Crippen LogP contribution is -1.96. The first-order valence-corrected chi connectivity index (χ1v) is 7.54. The zero-order chi connectivity index (χ0) is 16.8. The summed E-state index contributed by atoms with van der Waals surface area (Å²) in [5.74, 6) is 5.68. The molecule has 120 valence electrons. The highest BCUT2D eigenvalue weighted by atomic mass is 19.1. The number of halogens is 2. The zero-order valence-electron chi connectivity index (χ0n) is 12.9. The molecule has 0 saturated heterocycles. The standard InChI is InChI=1S/C19H15F2N3/c20-12-19-6-3-5-18(23-19)4-1-2-11-24-14-16(13-22-24)15-7-9-17(21)10-8-15/h3,5-10,13-14H,2,11-12H2. The fourth-order valence-corrected chi connectivity index (χ4v) is 2.22. The SMILES string of the molecule is FCc1cccc(C#CCCn2cc(-c3ccc(F)cc3)cn2)n1. The molecule has 0 aliphatic carbocycles. The Kier molecular flexibility index (Phi) is 4.97. The molecule has 0 saturated carbocycles. The molecule has 3 rings (SSSR count). The van der Waals surface area contributed by atoms with Crippen molar-refractivity contribution >= 4 is 0 Å². The predicted octanol–water partition coefficient (Wildman–Crippen LogP) is 4.00. The van der Waals surface area contributed by atoms with Crippen LogP contribution in [0.15, 0.2) is 54.9 Å². The van der Waals surface area contributed by atoms with E-state index in [1.807, 2.05) is 6.20 Å². The molecule has 2 aromatic heterocycles. The lowest BCUT2D eigenvalue weighted by Gasteiger charge is -1.97. The van der Waals surface area contributed by atoms with Gasteiger partial charge in [0, 0.05) is 18.2 Å². The van der Waals surface area contributed by atoms with Crippen molar-refractivity contribution in [3.05, 3.63) is 72.1 Å². The molecule has 0 radical (unpaired) electrons. The van der Waals surface area contributed by atoms with Crippen molar-refractivity contribution in [2.75, 3.05) is 0 Å². The lowest BCUT2D eigenvalue weighted by atomic mass is 10.1. The predicted molar refractivity (Wildman–Crippen MR) is 88.2 cm³/mol. The molecule has 0 amide bonds. The normalized spacial score (nSPS) is 10.2. The minimum Gasteiger partial charge on any atom is -0.271 e. The van der Waals surface area contributed by atoms with Crippen molar-refractivity contribution in [3.8, 4) is 23.0 Å². The molecule has 0 aliphatic rings. The van der Waals surface area contributed by atoms with Gasteiger partial charge in [0.15, 0.2) is 0 Å². The average Bonchev–Trinajstić information content (AvgIpc) is 3.08. The van der Waals surface area contributed by atoms with E-state index in [-0.39, 0.29) is 5.82 Å². The van der Waals surface area contributed by atoms with Crippen LogP contribution in [0.4, 0.5) is 8.78 Å². The molecule has 5 heteroatoms. The Balaban J connectivity index is 1.60. The second-order valence-corrected chi connectivity index (χ2v) is 5.20. The maximum absolute atomic E-state index is 12.9. The first-order chi connectivity index (χ1) is 11.7. The van der Waals surface area contributed by atoms with Crippen LogP contribution < -0.4 is 0 Å². The number of alkyl halides is 1. The molecule has 1 aromatic carbocycles. The Morgan fingerprint density at radius 1 is 1.04 bits per heavy atom. The van der Waals surface area contributed by atoms with Crippen LogP contribution in [0.2, 0.25) is 0 Å². The maximum Gasteiger partial charge on any atom is 0.131 e. The van der Waals surface area contributed by atoms with E-state index < -0.39 is 6.67 Å². The Morgan fingerprint density at radius 3 is 2.67 bits per heavy atom. The summed E-state index contributed by atoms with van der Waals surface area (Å²) in [6.07, 6.45) is 4.25. The maximum atomic E-state index is 12.9. The molecule has 0 unspecified atom stereocenters. The Morgan fingerprint density at radius 2 is 1.88 bits per heavy atom. The number of pyridine rings is 1. The van der Waals surface area contributed by atoms with E-state index in [4.69, 9.17) is 0 Å². The molecule has 0 N–H and O–H groups in total. The minimum atomic E-state index is -0.588. The van der Waals surface area contributed by atoms with Crippen LogP contribution in [0.5, 0.6) is 0 Å². The van der Waals surface area contributed by atoms with Crippen LogP contribution in [0.25, 0.3) is 11.1 Å². The van der Waals surface area contributed by atoms with Gasteiger partial charge in [0.25, 0.3) is 0 Å². The quantitative estimate of drug-likeness (QED) is 0.680. The molecular formula is C19H15F2N3. The van der Waals surface area contributed by atoms with E-state index in [2.05, 4.69) is 21.9 Å². The van der Waals surface area contributed by atoms with Crippen molar-refractivity contribution < 1.29 is 8.78 Å². The molecule has 3 aromatic rings. The molecule has 3 nitrogen and oxygen atoms in total. The van der Waals surface area contributed by atoms with E-state index in [1.54, 1.807) is 41.2 Å². The number of hydrogen-bond acceptors (Lipinski definition) is 2. The Labute approximate surface area is 139 Å². The summed E-state index contributed by atoms with van der Waals surface area (Å²) in [4.78, 5) is 4.08. The highest BCUT2D eigenvalue weighted by Crippen LogP contribution is 2.18. The lowest BCUT2D eigenvalue weighted by molar-refractivity contribution is 0.476. The van der Waals surface area contributed by atoms with Crippen molar-refractivity contribution in [2.45, 2.75) is 19.6 Å². The van der Waals surface area contributed by atoms with Gasteiger partial charge in [-0.15, -0.1) is 0 Å². The van der Waals surface area contributed by atoms with Gasteiger partial charge in [-0.1, -0.05) is 24.1 Å². The molecular weight excluding hydrogens is 308 g/mol. The summed E-state index contributed by atoms with van der Waals surface area (Å²) in [5, 5.41) is 4.28. The highest BCUT2D eigenvalue weighted by molar-refractivity contribution is 5.61. The van der Waals surface area contributed by atoms with Gasteiger partial charge in [-0.3, -0.25) is 4.68 Å². The van der Waals surface area contributed by atoms with Gasteiger partial charge in [-0.25, -0.2) is 13.8 Å². The summed E-state index contributed by atoms with van der Waals surface area (Å²) in [7, 11) is 0. The number of benzene rings is 1. The van der Waals surface area contributed by atoms with Crippen LogP contribution in [0.3, 0.4) is 0 Å². The van der Waals surface area contributed by atoms with Gasteiger partial charge >= 0.3 is 0 Å². The number of aromatic nitrogens is 3. The number of rotatable bonds is 4. The van der Waals surface area contributed by atoms with E-state index >= 15 is 0 Å². The van der Waals surface area contributed by atoms with Crippen LogP contribution >= 0.6 is 0 Å². The van der Waals surface area contributed by atoms with Gasteiger partial charge in [0.1, 0.15) is 18.2 Å². The first kappa shape index (κ1) is 15.9. The molecule has 0 fully saturated rings. The van der Waals surface area contributed by atoms with Gasteiger partial charge in [-0.05, 0) is 35.7 Å². The monoisotopic (exact) mass is 323 g/mol. The second-order valence-electron chi connectivity index (χ2n) is 5.20. The molecule has 2 heterocycles. The van der Waals surface area contributed by atoms with E-state index in [9.17, 15) is 8.78 Å². The first-order valence-electron chi connectivity index (χ1n) is 7.54. The van der Waals surface area contributed by atoms with Gasteiger partial charge in [0.05, 0.1) is 18.4 Å². The summed E-state index contributed by atoms with van der Waals surface area (Å²) in [6, 6.07) is 11.4. The van der Waals surface area contributed by atoms with E-state index in [0.717, 1.165) is 11.1 Å². The Bertz CT molecular complexity index is 873. The minimum absolute atomic E-state index is 0.258. The number of hydrogen-bond donors (Lipinski definition) is 0. The van der Waals surface area contributed by atoms with Crippen LogP contribution in [0, 0.1) is 17.7 Å². The third kappa shape index (κ3) is 4.05. The van der Waals surface area contributed by atoms with Crippen molar-refractivity contribution in [2.24, 2.45) is 0 Å². The molecule has 24 heavy (non-hydrogen) atoms. The third-order valence-corrected chi connectivity index (χ3v) is 3.44. The summed E-state index contributed by atoms with van der Waals surface area (Å²) >= 11 is 0. The molecule has 0 aliphatic heterocycles. The summed E-state index contributed by atoms with van der Waals surface area (Å²) in [6.45, 7) is 0.0476. The fourth-order valence-electron chi connectivity index (χ4n) is 2.22. The summed E-state index contributed by atoms with van der Waals surface area (Å²) in [5.41, 5.74) is 2.80. The zero-order valence-corrected chi connectivity index (χ0v) is 12.9. The van der Waals surface area contributed by atoms with Crippen LogP contribution in [0.1, 0.15) is 17.8 Å². The van der Waals surface area contributed by atoms with Crippen molar-refractivity contribution in [1.29, 1.82) is 0 Å². The largest absolute Gasteiger partial charge is 0.271 e. The second kappa shape index (κ2) is 7.51. The third-order valence-electron chi connectivity index (χ3n) is 3.44. The smallest absolute Gasteiger partial charge is 0.131 e. The molecule has 0 spiro atoms. The Hall–Kier alpha value is -3.00. The number of nitrogens with zero attached hydrogens (tertiary/aromatic N) is 3. The van der Waals surface area contributed by atoms with Crippen molar-refractivity contribution in [1.82, 2.24) is 14.8 Å². The van der Waals surface area contributed by atoms with Crippen molar-refractivity contribution in [3.63, 3.8) is 0 Å². The van der Waals surface area contributed by atoms with Gasteiger partial charge < -0.3 is 0 Å². The molecule has 0 atom stereocenters. The summed E-state index contributed by atoms with van der Waals surface area (Å²) < 4.78 is 27.3. The highest BCUT2D eigenvalue weighted by Gasteiger charge is 2.01. The van der Waals surface area contributed by atoms with Gasteiger partial charge in [0.2, 0.25) is 0 Å².